The van der Waals surface area contributed by atoms with E-state index in [0.29, 0.717) is 6.54 Å². The van der Waals surface area contributed by atoms with Crippen molar-refractivity contribution in [3.05, 3.63) is 52.5 Å². The topological polar surface area (TPSA) is 81.1 Å². The van der Waals surface area contributed by atoms with Crippen molar-refractivity contribution in [3.8, 4) is 0 Å². The highest BCUT2D eigenvalue weighted by molar-refractivity contribution is 9.10. The van der Waals surface area contributed by atoms with Crippen LogP contribution in [0.15, 0.2) is 41.3 Å². The van der Waals surface area contributed by atoms with Gasteiger partial charge in [0.05, 0.1) is 16.4 Å². The molecule has 3 rings (SSSR count). The number of anilines is 1. The first-order chi connectivity index (χ1) is 12.2. The van der Waals surface area contributed by atoms with Crippen molar-refractivity contribution < 1.29 is 0 Å². The van der Waals surface area contributed by atoms with Gasteiger partial charge >= 0.3 is 0 Å². The lowest BCUT2D eigenvalue weighted by atomic mass is 10.1. The maximum Gasteiger partial charge on any atom is 0.171 e. The molecule has 0 fully saturated rings. The van der Waals surface area contributed by atoms with E-state index in [2.05, 4.69) is 38.3 Å². The second kappa shape index (κ2) is 8.40. The summed E-state index contributed by atoms with van der Waals surface area (Å²) in [5, 5.41) is 7.82. The summed E-state index contributed by atoms with van der Waals surface area (Å²) >= 11 is 3.52. The summed E-state index contributed by atoms with van der Waals surface area (Å²) in [6.07, 6.45) is 9.80. The van der Waals surface area contributed by atoms with Crippen LogP contribution in [-0.2, 0) is 6.54 Å². The zero-order valence-corrected chi connectivity index (χ0v) is 15.9. The zero-order valence-electron chi connectivity index (χ0n) is 14.3. The summed E-state index contributed by atoms with van der Waals surface area (Å²) < 4.78 is 2.66. The summed E-state index contributed by atoms with van der Waals surface area (Å²) in [7, 11) is 0. The van der Waals surface area contributed by atoms with Crippen LogP contribution in [0.2, 0.25) is 0 Å². The van der Waals surface area contributed by atoms with Gasteiger partial charge in [-0.15, -0.1) is 0 Å². The predicted octanol–water partition coefficient (Wildman–Crippen LogP) is 4.08. The number of halogens is 1. The van der Waals surface area contributed by atoms with E-state index >= 15 is 0 Å². The van der Waals surface area contributed by atoms with Crippen LogP contribution in [0.5, 0.6) is 0 Å². The molecule has 1 atom stereocenters. The first-order valence-electron chi connectivity index (χ1n) is 8.61. The van der Waals surface area contributed by atoms with Gasteiger partial charge in [0, 0.05) is 31.0 Å². The smallest absolute Gasteiger partial charge is 0.171 e. The highest BCUT2D eigenvalue weighted by atomic mass is 79.9. The molecule has 3 aromatic rings. The van der Waals surface area contributed by atoms with Crippen molar-refractivity contribution in [1.82, 2.24) is 19.6 Å². The highest BCUT2D eigenvalue weighted by Gasteiger charge is 2.14. The van der Waals surface area contributed by atoms with Gasteiger partial charge in [-0.2, -0.15) is 9.61 Å². The molecular weight excluding hydrogens is 380 g/mol. The molecule has 0 aliphatic rings. The first kappa shape index (κ1) is 17.8. The van der Waals surface area contributed by atoms with Gasteiger partial charge < -0.3 is 11.1 Å². The number of nitrogens with two attached hydrogens (primary N) is 1. The Morgan fingerprint density at radius 3 is 2.96 bits per heavy atom. The van der Waals surface area contributed by atoms with Crippen LogP contribution in [-0.4, -0.2) is 19.6 Å². The van der Waals surface area contributed by atoms with E-state index in [0.717, 1.165) is 40.0 Å². The SMILES string of the molecule is CCCCCC(N)c1cc(NCc2cccnc2)n2ncc(Br)c2n1. The van der Waals surface area contributed by atoms with Gasteiger partial charge in [0.1, 0.15) is 5.82 Å². The largest absolute Gasteiger partial charge is 0.366 e. The van der Waals surface area contributed by atoms with E-state index < -0.39 is 0 Å². The molecule has 3 heterocycles. The highest BCUT2D eigenvalue weighted by Crippen LogP contribution is 2.24. The second-order valence-corrected chi connectivity index (χ2v) is 6.97. The van der Waals surface area contributed by atoms with Crippen LogP contribution < -0.4 is 11.1 Å². The minimum Gasteiger partial charge on any atom is -0.366 e. The van der Waals surface area contributed by atoms with Gasteiger partial charge in [-0.3, -0.25) is 4.98 Å². The predicted molar refractivity (Wildman–Crippen MR) is 103 cm³/mol. The molecule has 25 heavy (non-hydrogen) atoms. The Bertz CT molecular complexity index is 817. The standard InChI is InChI=1S/C18H23BrN6/c1-2-3-4-7-15(20)16-9-17(22-11-13-6-5-8-21-10-13)25-18(24-16)14(19)12-23-25/h5-6,8-10,12,15,22H,2-4,7,11,20H2,1H3. The van der Waals surface area contributed by atoms with Gasteiger partial charge in [-0.1, -0.05) is 32.3 Å². The van der Waals surface area contributed by atoms with Crippen molar-refractivity contribution in [3.63, 3.8) is 0 Å². The Labute approximate surface area is 156 Å². The van der Waals surface area contributed by atoms with Crippen LogP contribution in [0.3, 0.4) is 0 Å². The van der Waals surface area contributed by atoms with E-state index in [1.807, 2.05) is 24.4 Å². The molecule has 0 spiro atoms. The molecule has 0 aliphatic carbocycles. The molecule has 132 valence electrons. The van der Waals surface area contributed by atoms with E-state index in [4.69, 9.17) is 10.7 Å². The van der Waals surface area contributed by atoms with Gasteiger partial charge in [0.25, 0.3) is 0 Å². The summed E-state index contributed by atoms with van der Waals surface area (Å²) in [6, 6.07) is 5.89. The van der Waals surface area contributed by atoms with Crippen LogP contribution >= 0.6 is 15.9 Å². The summed E-state index contributed by atoms with van der Waals surface area (Å²) in [6.45, 7) is 2.86. The number of fused-ring (bicyclic) bond motifs is 1. The number of unbranched alkanes of at least 4 members (excludes halogenated alkanes) is 2. The Balaban J connectivity index is 1.85. The van der Waals surface area contributed by atoms with Crippen molar-refractivity contribution in [2.45, 2.75) is 45.2 Å². The Hall–Kier alpha value is -1.99. The fourth-order valence-corrected chi connectivity index (χ4v) is 3.08. The van der Waals surface area contributed by atoms with E-state index in [1.165, 1.54) is 12.8 Å². The average Bonchev–Trinajstić information content (AvgIpc) is 3.02. The van der Waals surface area contributed by atoms with Gasteiger partial charge in [0.15, 0.2) is 5.65 Å². The third kappa shape index (κ3) is 4.35. The van der Waals surface area contributed by atoms with Crippen LogP contribution in [0.4, 0.5) is 5.82 Å². The summed E-state index contributed by atoms with van der Waals surface area (Å²) in [4.78, 5) is 8.85. The zero-order chi connectivity index (χ0) is 17.6. The van der Waals surface area contributed by atoms with Crippen molar-refractivity contribution in [2.24, 2.45) is 5.73 Å². The number of rotatable bonds is 8. The second-order valence-electron chi connectivity index (χ2n) is 6.11. The lowest BCUT2D eigenvalue weighted by molar-refractivity contribution is 0.570. The van der Waals surface area contributed by atoms with E-state index in [-0.39, 0.29) is 6.04 Å². The van der Waals surface area contributed by atoms with Crippen molar-refractivity contribution in [2.75, 3.05) is 5.32 Å². The van der Waals surface area contributed by atoms with Gasteiger partial charge in [-0.05, 0) is 34.0 Å². The van der Waals surface area contributed by atoms with E-state index in [1.54, 1.807) is 16.9 Å². The van der Waals surface area contributed by atoms with Crippen molar-refractivity contribution in [1.29, 1.82) is 0 Å². The van der Waals surface area contributed by atoms with Crippen molar-refractivity contribution >= 4 is 27.4 Å². The third-order valence-electron chi connectivity index (χ3n) is 4.14. The minimum absolute atomic E-state index is 0.0720. The number of hydrogen-bond donors (Lipinski definition) is 2. The average molecular weight is 403 g/mol. The maximum absolute atomic E-state index is 6.38. The van der Waals surface area contributed by atoms with Gasteiger partial charge in [-0.25, -0.2) is 4.98 Å². The summed E-state index contributed by atoms with van der Waals surface area (Å²) in [5.74, 6) is 0.875. The minimum atomic E-state index is -0.0720. The molecule has 7 heteroatoms. The number of aromatic nitrogens is 4. The fourth-order valence-electron chi connectivity index (χ4n) is 2.73. The van der Waals surface area contributed by atoms with Crippen LogP contribution in [0.25, 0.3) is 5.65 Å². The Kier molecular flexibility index (Phi) is 5.99. The fraction of sp³-hybridized carbons (Fsp3) is 0.389. The monoisotopic (exact) mass is 402 g/mol. The number of nitrogens with one attached hydrogen (secondary N) is 1. The molecule has 0 aromatic carbocycles. The third-order valence-corrected chi connectivity index (χ3v) is 4.70. The van der Waals surface area contributed by atoms with Crippen LogP contribution in [0.1, 0.15) is 49.9 Å². The maximum atomic E-state index is 6.38. The molecule has 1 unspecified atom stereocenters. The normalized spacial score (nSPS) is 12.4. The number of hydrogen-bond acceptors (Lipinski definition) is 5. The molecule has 0 bridgehead atoms. The summed E-state index contributed by atoms with van der Waals surface area (Å²) in [5.41, 5.74) is 9.14. The quantitative estimate of drug-likeness (QED) is 0.554. The van der Waals surface area contributed by atoms with E-state index in [9.17, 15) is 0 Å². The molecule has 0 aliphatic heterocycles. The van der Waals surface area contributed by atoms with Gasteiger partial charge in [0.2, 0.25) is 0 Å². The molecular formula is C18H23BrN6. The lowest BCUT2D eigenvalue weighted by Crippen LogP contribution is -2.15. The first-order valence-corrected chi connectivity index (χ1v) is 9.41. The molecule has 0 radical (unpaired) electrons. The molecule has 3 N–H and O–H groups in total. The number of pyridine rings is 1. The van der Waals surface area contributed by atoms with Crippen LogP contribution in [0, 0.1) is 0 Å². The molecule has 6 nitrogen and oxygen atoms in total. The molecule has 3 aromatic heterocycles. The Morgan fingerprint density at radius 2 is 2.20 bits per heavy atom. The molecule has 0 saturated carbocycles. The lowest BCUT2D eigenvalue weighted by Gasteiger charge is -2.15. The molecule has 0 saturated heterocycles. The number of nitrogens with zero attached hydrogens (tertiary/aromatic N) is 4. The molecule has 0 amide bonds. The Morgan fingerprint density at radius 1 is 1.32 bits per heavy atom.